The molecule has 1 aromatic rings. The third-order valence-electron chi connectivity index (χ3n) is 6.29. The Hall–Kier alpha value is -2.74. The van der Waals surface area contributed by atoms with Gasteiger partial charge in [0.1, 0.15) is 12.4 Å². The number of allylic oxidation sites excluding steroid dienone is 2. The van der Waals surface area contributed by atoms with Gasteiger partial charge in [0.05, 0.1) is 24.5 Å². The summed E-state index contributed by atoms with van der Waals surface area (Å²) in [5.74, 6) is -1.82. The minimum Gasteiger partial charge on any atom is -0.463 e. The van der Waals surface area contributed by atoms with Crippen LogP contribution in [-0.4, -0.2) is 60.1 Å². The smallest absolute Gasteiger partial charge is 0.309 e. The van der Waals surface area contributed by atoms with Crippen molar-refractivity contribution in [2.75, 3.05) is 26.3 Å². The van der Waals surface area contributed by atoms with E-state index in [1.807, 2.05) is 12.2 Å². The van der Waals surface area contributed by atoms with E-state index in [9.17, 15) is 18.8 Å². The summed E-state index contributed by atoms with van der Waals surface area (Å²) in [5, 5.41) is 11.5. The summed E-state index contributed by atoms with van der Waals surface area (Å²) in [6.07, 6.45) is 7.59. The lowest BCUT2D eigenvalue weighted by molar-refractivity contribution is -0.152. The monoisotopic (exact) mass is 460 g/mol. The summed E-state index contributed by atoms with van der Waals surface area (Å²) in [6, 6.07) is 5.95. The van der Waals surface area contributed by atoms with Crippen LogP contribution in [0.5, 0.6) is 0 Å². The Kier molecular flexibility index (Phi) is 9.42. The number of benzene rings is 1. The predicted molar refractivity (Wildman–Crippen MR) is 120 cm³/mol. The third kappa shape index (κ3) is 7.39. The van der Waals surface area contributed by atoms with Gasteiger partial charge in [0.15, 0.2) is 0 Å². The Morgan fingerprint density at radius 2 is 1.94 bits per heavy atom. The highest BCUT2D eigenvalue weighted by Crippen LogP contribution is 2.25. The molecule has 2 aliphatic rings. The molecule has 2 heterocycles. The van der Waals surface area contributed by atoms with Gasteiger partial charge in [-0.15, -0.1) is 0 Å². The highest BCUT2D eigenvalue weighted by Gasteiger charge is 2.35. The number of nitrogens with one attached hydrogen (secondary N) is 1. The van der Waals surface area contributed by atoms with E-state index >= 15 is 0 Å². The van der Waals surface area contributed by atoms with Gasteiger partial charge in [-0.1, -0.05) is 24.3 Å². The number of halogens is 1. The minimum atomic E-state index is -0.494. The average Bonchev–Trinajstić information content (AvgIpc) is 3.28. The minimum absolute atomic E-state index is 0.0549. The largest absolute Gasteiger partial charge is 0.463 e. The molecular formula is C25H33FN2O5. The Balaban J connectivity index is 1.72. The molecule has 0 saturated carbocycles. The molecule has 0 unspecified atom stereocenters. The lowest BCUT2D eigenvalue weighted by Crippen LogP contribution is -2.43. The number of nitrogens with zero attached hydrogens (tertiary/aromatic N) is 1. The first-order valence-electron chi connectivity index (χ1n) is 11.7. The summed E-state index contributed by atoms with van der Waals surface area (Å²) in [6.45, 7) is 0.732. The maximum absolute atomic E-state index is 13.2. The number of cyclic esters (lactones) is 1. The van der Waals surface area contributed by atoms with Crippen LogP contribution in [0.25, 0.3) is 0 Å². The molecule has 33 heavy (non-hydrogen) atoms. The molecular weight excluding hydrogens is 427 g/mol. The van der Waals surface area contributed by atoms with Crippen LogP contribution in [0.4, 0.5) is 4.39 Å². The summed E-state index contributed by atoms with van der Waals surface area (Å²) < 4.78 is 18.9. The average molecular weight is 461 g/mol. The highest BCUT2D eigenvalue weighted by atomic mass is 19.1. The number of carbonyl (C=O) groups excluding carboxylic acids is 3. The SMILES string of the molecule is O=C(C[C@H]1C/C=C\CC[C@H](Cc2ccc(F)cc2)C(=O)OC[C@H]2CCCN2C1=O)NCCO. The van der Waals surface area contributed by atoms with E-state index in [0.29, 0.717) is 32.2 Å². The second-order valence-corrected chi connectivity index (χ2v) is 8.74. The number of ether oxygens (including phenoxy) is 1. The molecule has 3 rings (SSSR count). The fraction of sp³-hybridized carbons (Fsp3) is 0.560. The maximum Gasteiger partial charge on any atom is 0.309 e. The number of hydrogen-bond donors (Lipinski definition) is 2. The number of aliphatic hydroxyl groups excluding tert-OH is 1. The van der Waals surface area contributed by atoms with E-state index in [4.69, 9.17) is 9.84 Å². The molecule has 1 fully saturated rings. The molecule has 2 amide bonds. The van der Waals surface area contributed by atoms with Crippen molar-refractivity contribution in [3.8, 4) is 0 Å². The van der Waals surface area contributed by atoms with Gasteiger partial charge in [0.2, 0.25) is 11.8 Å². The van der Waals surface area contributed by atoms with Gasteiger partial charge < -0.3 is 20.1 Å². The lowest BCUT2D eigenvalue weighted by Gasteiger charge is -2.28. The van der Waals surface area contributed by atoms with Crippen LogP contribution in [0, 0.1) is 17.7 Å². The van der Waals surface area contributed by atoms with Crippen molar-refractivity contribution in [2.24, 2.45) is 11.8 Å². The number of hydrogen-bond acceptors (Lipinski definition) is 5. The molecule has 7 nitrogen and oxygen atoms in total. The fourth-order valence-electron chi connectivity index (χ4n) is 4.48. The van der Waals surface area contributed by atoms with E-state index in [1.165, 1.54) is 12.1 Å². The van der Waals surface area contributed by atoms with E-state index in [-0.39, 0.29) is 61.7 Å². The van der Waals surface area contributed by atoms with E-state index in [2.05, 4.69) is 5.32 Å². The van der Waals surface area contributed by atoms with Gasteiger partial charge in [-0.2, -0.15) is 0 Å². The van der Waals surface area contributed by atoms with Crippen LogP contribution in [0.15, 0.2) is 36.4 Å². The van der Waals surface area contributed by atoms with Gasteiger partial charge in [-0.05, 0) is 56.2 Å². The number of aliphatic hydroxyl groups is 1. The number of carbonyl (C=O) groups is 3. The van der Waals surface area contributed by atoms with E-state index in [1.54, 1.807) is 17.0 Å². The molecule has 8 heteroatoms. The Morgan fingerprint density at radius 1 is 1.15 bits per heavy atom. The lowest BCUT2D eigenvalue weighted by atomic mass is 9.94. The molecule has 0 bridgehead atoms. The first kappa shape index (κ1) is 24.9. The van der Waals surface area contributed by atoms with E-state index in [0.717, 1.165) is 18.4 Å². The van der Waals surface area contributed by atoms with Gasteiger partial charge >= 0.3 is 5.97 Å². The van der Waals surface area contributed by atoms with Crippen LogP contribution in [0.2, 0.25) is 0 Å². The number of esters is 1. The molecule has 1 saturated heterocycles. The first-order valence-corrected chi connectivity index (χ1v) is 11.7. The van der Waals surface area contributed by atoms with Crippen LogP contribution >= 0.6 is 0 Å². The zero-order chi connectivity index (χ0) is 23.6. The van der Waals surface area contributed by atoms with E-state index < -0.39 is 5.92 Å². The fourth-order valence-corrected chi connectivity index (χ4v) is 4.48. The van der Waals surface area contributed by atoms with Crippen molar-refractivity contribution in [1.29, 1.82) is 0 Å². The standard InChI is InChI=1S/C25H33FN2O5/c26-21-10-8-18(9-11-21)15-20-6-3-1-2-5-19(16-23(30)27-12-14-29)24(31)28-13-4-7-22(28)17-33-25(20)32/h1-2,8-11,19-20,22,29H,3-7,12-17H2,(H,27,30)/b2-1-/t19-,20-,22-/m1/s1. The quantitative estimate of drug-likeness (QED) is 0.502. The molecule has 180 valence electrons. The summed E-state index contributed by atoms with van der Waals surface area (Å²) in [7, 11) is 0. The summed E-state index contributed by atoms with van der Waals surface area (Å²) >= 11 is 0. The van der Waals surface area contributed by atoms with Crippen molar-refractivity contribution in [1.82, 2.24) is 10.2 Å². The van der Waals surface area contributed by atoms with Gasteiger partial charge in [-0.25, -0.2) is 4.39 Å². The number of rotatable bonds is 6. The zero-order valence-electron chi connectivity index (χ0n) is 18.9. The molecule has 2 aliphatic heterocycles. The molecule has 0 aromatic heterocycles. The number of amides is 2. The second-order valence-electron chi connectivity index (χ2n) is 8.74. The normalized spacial score (nSPS) is 25.3. The topological polar surface area (TPSA) is 95.9 Å². The van der Waals surface area contributed by atoms with Crippen molar-refractivity contribution in [3.05, 3.63) is 47.8 Å². The molecule has 1 aromatic carbocycles. The molecule has 3 atom stereocenters. The Morgan fingerprint density at radius 3 is 2.70 bits per heavy atom. The molecule has 2 N–H and O–H groups in total. The van der Waals surface area contributed by atoms with Crippen LogP contribution < -0.4 is 5.32 Å². The first-order chi connectivity index (χ1) is 16.0. The van der Waals surface area contributed by atoms with Crippen LogP contribution in [-0.2, 0) is 25.5 Å². The molecule has 0 aliphatic carbocycles. The van der Waals surface area contributed by atoms with Gasteiger partial charge in [0, 0.05) is 19.5 Å². The maximum atomic E-state index is 13.2. The van der Waals surface area contributed by atoms with Gasteiger partial charge in [0.25, 0.3) is 0 Å². The van der Waals surface area contributed by atoms with Crippen molar-refractivity contribution in [2.45, 2.75) is 51.0 Å². The highest BCUT2D eigenvalue weighted by molar-refractivity contribution is 5.86. The number of fused-ring (bicyclic) bond motifs is 1. The summed E-state index contributed by atoms with van der Waals surface area (Å²) in [4.78, 5) is 40.1. The second kappa shape index (κ2) is 12.5. The molecule has 0 spiro atoms. The van der Waals surface area contributed by atoms with Crippen molar-refractivity contribution < 1.29 is 28.6 Å². The van der Waals surface area contributed by atoms with Crippen LogP contribution in [0.1, 0.15) is 44.1 Å². The summed E-state index contributed by atoms with van der Waals surface area (Å²) in [5.41, 5.74) is 0.873. The molecule has 0 radical (unpaired) electrons. The Bertz CT molecular complexity index is 842. The van der Waals surface area contributed by atoms with Gasteiger partial charge in [-0.3, -0.25) is 14.4 Å². The Labute approximate surface area is 194 Å². The van der Waals surface area contributed by atoms with Crippen LogP contribution in [0.3, 0.4) is 0 Å². The predicted octanol–water partition coefficient (Wildman–Crippen LogP) is 2.37. The third-order valence-corrected chi connectivity index (χ3v) is 6.29. The zero-order valence-corrected chi connectivity index (χ0v) is 18.9. The van der Waals surface area contributed by atoms with Crippen molar-refractivity contribution >= 4 is 17.8 Å². The van der Waals surface area contributed by atoms with Crippen molar-refractivity contribution in [3.63, 3.8) is 0 Å².